The Bertz CT molecular complexity index is 1260. The van der Waals surface area contributed by atoms with Crippen LogP contribution in [0.2, 0.25) is 5.02 Å². The highest BCUT2D eigenvalue weighted by atomic mass is 35.5. The number of carbonyl (C=O) groups excluding carboxylic acids is 2. The number of ether oxygens (including phenoxy) is 4. The van der Waals surface area contributed by atoms with E-state index in [1.165, 1.54) is 0 Å². The van der Waals surface area contributed by atoms with Crippen molar-refractivity contribution in [2.75, 3.05) is 20.8 Å². The van der Waals surface area contributed by atoms with Crippen LogP contribution in [0.15, 0.2) is 60.4 Å². The lowest BCUT2D eigenvalue weighted by Gasteiger charge is -2.11. The van der Waals surface area contributed by atoms with Gasteiger partial charge in [0.15, 0.2) is 18.1 Å². The SMILES string of the molecule is COc1ccc(OC)c(/C=C2\Oc3c(ccc(OCC(=O)c4ccc(Cl)cc4)c3C)C2=O)c1. The van der Waals surface area contributed by atoms with Gasteiger partial charge in [-0.3, -0.25) is 9.59 Å². The molecule has 6 nitrogen and oxygen atoms in total. The van der Waals surface area contributed by atoms with E-state index in [9.17, 15) is 9.59 Å². The van der Waals surface area contributed by atoms with Crippen molar-refractivity contribution < 1.29 is 28.5 Å². The van der Waals surface area contributed by atoms with Crippen LogP contribution in [0.25, 0.3) is 6.08 Å². The van der Waals surface area contributed by atoms with Gasteiger partial charge in [0.25, 0.3) is 0 Å². The minimum absolute atomic E-state index is 0.154. The second kappa shape index (κ2) is 9.38. The number of halogens is 1. The lowest BCUT2D eigenvalue weighted by molar-refractivity contribution is 0.0920. The molecule has 0 amide bonds. The third-order valence-corrected chi connectivity index (χ3v) is 5.54. The quantitative estimate of drug-likeness (QED) is 0.337. The first-order valence-corrected chi connectivity index (χ1v) is 10.5. The minimum atomic E-state index is -0.248. The van der Waals surface area contributed by atoms with Gasteiger partial charge in [0.1, 0.15) is 23.0 Å². The number of allylic oxidation sites excluding steroid dienone is 1. The lowest BCUT2D eigenvalue weighted by atomic mass is 10.1. The fourth-order valence-electron chi connectivity index (χ4n) is 3.48. The summed E-state index contributed by atoms with van der Waals surface area (Å²) < 4.78 is 22.3. The van der Waals surface area contributed by atoms with Crippen LogP contribution in [-0.4, -0.2) is 32.4 Å². The van der Waals surface area contributed by atoms with Gasteiger partial charge < -0.3 is 18.9 Å². The van der Waals surface area contributed by atoms with E-state index >= 15 is 0 Å². The standard InChI is InChI=1S/C26H21ClO6/c1-15-22(32-14-21(28)16-4-6-18(27)7-5-16)11-9-20-25(29)24(33-26(15)20)13-17-12-19(30-2)8-10-23(17)31-3/h4-13H,14H2,1-3H3/b24-13-. The molecule has 168 valence electrons. The Morgan fingerprint density at radius 3 is 2.42 bits per heavy atom. The van der Waals surface area contributed by atoms with E-state index in [0.29, 0.717) is 50.3 Å². The Hall–Kier alpha value is -3.77. The smallest absolute Gasteiger partial charge is 0.231 e. The van der Waals surface area contributed by atoms with Crippen molar-refractivity contribution in [1.29, 1.82) is 0 Å². The summed E-state index contributed by atoms with van der Waals surface area (Å²) in [6.07, 6.45) is 1.62. The normalized spacial score (nSPS) is 13.5. The number of carbonyl (C=O) groups is 2. The maximum atomic E-state index is 12.9. The number of rotatable bonds is 7. The Morgan fingerprint density at radius 1 is 1.00 bits per heavy atom. The van der Waals surface area contributed by atoms with Crippen molar-refractivity contribution in [2.45, 2.75) is 6.92 Å². The van der Waals surface area contributed by atoms with Gasteiger partial charge >= 0.3 is 0 Å². The van der Waals surface area contributed by atoms with E-state index in [-0.39, 0.29) is 23.9 Å². The molecule has 1 aliphatic heterocycles. The maximum absolute atomic E-state index is 12.9. The van der Waals surface area contributed by atoms with E-state index in [1.807, 2.05) is 0 Å². The van der Waals surface area contributed by atoms with Crippen molar-refractivity contribution in [3.05, 3.63) is 87.6 Å². The third kappa shape index (κ3) is 4.56. The molecule has 3 aromatic carbocycles. The molecule has 0 saturated carbocycles. The molecule has 1 heterocycles. The van der Waals surface area contributed by atoms with Crippen molar-refractivity contribution in [3.8, 4) is 23.0 Å². The fraction of sp³-hybridized carbons (Fsp3) is 0.154. The van der Waals surface area contributed by atoms with Gasteiger partial charge in [-0.25, -0.2) is 0 Å². The largest absolute Gasteiger partial charge is 0.497 e. The number of Topliss-reactive ketones (excluding diaryl/α,β-unsaturated/α-hetero) is 2. The number of benzene rings is 3. The number of hydrogen-bond acceptors (Lipinski definition) is 6. The van der Waals surface area contributed by atoms with Gasteiger partial charge in [-0.2, -0.15) is 0 Å². The van der Waals surface area contributed by atoms with Crippen LogP contribution < -0.4 is 18.9 Å². The van der Waals surface area contributed by atoms with Crippen molar-refractivity contribution in [3.63, 3.8) is 0 Å². The van der Waals surface area contributed by atoms with Crippen LogP contribution in [-0.2, 0) is 0 Å². The molecule has 0 aromatic heterocycles. The van der Waals surface area contributed by atoms with E-state index < -0.39 is 0 Å². The molecule has 7 heteroatoms. The minimum Gasteiger partial charge on any atom is -0.497 e. The lowest BCUT2D eigenvalue weighted by Crippen LogP contribution is -2.12. The second-order valence-electron chi connectivity index (χ2n) is 7.33. The van der Waals surface area contributed by atoms with Gasteiger partial charge in [-0.05, 0) is 67.6 Å². The summed E-state index contributed by atoms with van der Waals surface area (Å²) in [7, 11) is 3.11. The summed E-state index contributed by atoms with van der Waals surface area (Å²) in [5.74, 6) is 1.80. The topological polar surface area (TPSA) is 71.1 Å². The van der Waals surface area contributed by atoms with Gasteiger partial charge in [0, 0.05) is 21.7 Å². The highest BCUT2D eigenvalue weighted by molar-refractivity contribution is 6.30. The molecule has 0 atom stereocenters. The van der Waals surface area contributed by atoms with Crippen LogP contribution in [0.3, 0.4) is 0 Å². The fourth-order valence-corrected chi connectivity index (χ4v) is 3.61. The van der Waals surface area contributed by atoms with Crippen molar-refractivity contribution >= 4 is 29.2 Å². The summed E-state index contributed by atoms with van der Waals surface area (Å²) in [5, 5.41) is 0.555. The molecule has 0 radical (unpaired) electrons. The molecule has 0 unspecified atom stereocenters. The molecule has 0 saturated heterocycles. The van der Waals surface area contributed by atoms with Gasteiger partial charge in [0.2, 0.25) is 5.78 Å². The van der Waals surface area contributed by atoms with E-state index in [0.717, 1.165) is 0 Å². The van der Waals surface area contributed by atoms with E-state index in [1.54, 1.807) is 81.8 Å². The molecule has 1 aliphatic rings. The van der Waals surface area contributed by atoms with Crippen LogP contribution in [0.4, 0.5) is 0 Å². The Morgan fingerprint density at radius 2 is 1.73 bits per heavy atom. The van der Waals surface area contributed by atoms with Crippen molar-refractivity contribution in [2.24, 2.45) is 0 Å². The van der Waals surface area contributed by atoms with Gasteiger partial charge in [-0.15, -0.1) is 0 Å². The highest BCUT2D eigenvalue weighted by Gasteiger charge is 2.30. The first kappa shape index (κ1) is 22.4. The van der Waals surface area contributed by atoms with Crippen LogP contribution in [0, 0.1) is 6.92 Å². The maximum Gasteiger partial charge on any atom is 0.231 e. The predicted molar refractivity (Wildman–Crippen MR) is 125 cm³/mol. The second-order valence-corrected chi connectivity index (χ2v) is 7.77. The Labute approximate surface area is 196 Å². The van der Waals surface area contributed by atoms with E-state index in [4.69, 9.17) is 30.5 Å². The Kier molecular flexibility index (Phi) is 6.38. The van der Waals surface area contributed by atoms with Crippen LogP contribution in [0.1, 0.15) is 31.8 Å². The molecule has 0 spiro atoms. The molecular formula is C26H21ClO6. The number of ketones is 2. The molecule has 0 N–H and O–H groups in total. The summed E-state index contributed by atoms with van der Waals surface area (Å²) in [4.78, 5) is 25.3. The molecule has 4 rings (SSSR count). The van der Waals surface area contributed by atoms with Gasteiger partial charge in [-0.1, -0.05) is 11.6 Å². The zero-order valence-corrected chi connectivity index (χ0v) is 19.1. The molecule has 0 bridgehead atoms. The summed E-state index contributed by atoms with van der Waals surface area (Å²) >= 11 is 5.87. The van der Waals surface area contributed by atoms with Gasteiger partial charge in [0.05, 0.1) is 19.8 Å². The molecule has 0 fully saturated rings. The zero-order chi connectivity index (χ0) is 23.5. The average Bonchev–Trinajstić information content (AvgIpc) is 3.14. The predicted octanol–water partition coefficient (Wildman–Crippen LogP) is 5.54. The molecule has 33 heavy (non-hydrogen) atoms. The average molecular weight is 465 g/mol. The van der Waals surface area contributed by atoms with Crippen LogP contribution in [0.5, 0.6) is 23.0 Å². The Balaban J connectivity index is 1.56. The summed E-state index contributed by atoms with van der Waals surface area (Å²) in [6, 6.07) is 15.2. The first-order chi connectivity index (χ1) is 15.9. The molecule has 3 aromatic rings. The highest BCUT2D eigenvalue weighted by Crippen LogP contribution is 2.40. The number of methoxy groups -OCH3 is 2. The number of fused-ring (bicyclic) bond motifs is 1. The molecular weight excluding hydrogens is 444 g/mol. The third-order valence-electron chi connectivity index (χ3n) is 5.29. The first-order valence-electron chi connectivity index (χ1n) is 10.1. The monoisotopic (exact) mass is 464 g/mol. The van der Waals surface area contributed by atoms with E-state index in [2.05, 4.69) is 0 Å². The zero-order valence-electron chi connectivity index (χ0n) is 18.3. The molecule has 0 aliphatic carbocycles. The number of hydrogen-bond donors (Lipinski definition) is 0. The summed E-state index contributed by atoms with van der Waals surface area (Å²) in [6.45, 7) is 1.63. The summed E-state index contributed by atoms with van der Waals surface area (Å²) in [5.41, 5.74) is 2.21. The van der Waals surface area contributed by atoms with Crippen LogP contribution >= 0.6 is 11.6 Å². The van der Waals surface area contributed by atoms with Crippen molar-refractivity contribution in [1.82, 2.24) is 0 Å².